The van der Waals surface area contributed by atoms with Crippen molar-refractivity contribution in [3.8, 4) is 0 Å². The predicted molar refractivity (Wildman–Crippen MR) is 84.7 cm³/mol. The first kappa shape index (κ1) is 14.6. The number of hydrogen-bond acceptors (Lipinski definition) is 2. The average Bonchev–Trinajstić information content (AvgIpc) is 2.47. The zero-order chi connectivity index (χ0) is 14.4. The summed E-state index contributed by atoms with van der Waals surface area (Å²) in [5.41, 5.74) is 1.74. The number of carbonyl (C=O) groups is 1. The highest BCUT2D eigenvalue weighted by Crippen LogP contribution is 2.20. The molecule has 0 fully saturated rings. The van der Waals surface area contributed by atoms with Crippen molar-refractivity contribution in [2.45, 2.75) is 13.3 Å². The molecule has 2 nitrogen and oxygen atoms in total. The van der Waals surface area contributed by atoms with Gasteiger partial charge in [-0.2, -0.15) is 0 Å². The normalized spacial score (nSPS) is 10.3. The van der Waals surface area contributed by atoms with Gasteiger partial charge in [-0.1, -0.05) is 54.9 Å². The van der Waals surface area contributed by atoms with Crippen LogP contribution in [0.4, 0.5) is 5.69 Å². The topological polar surface area (TPSA) is 20.3 Å². The van der Waals surface area contributed by atoms with E-state index in [1.54, 1.807) is 0 Å². The summed E-state index contributed by atoms with van der Waals surface area (Å²) in [6, 6.07) is 17.0. The molecule has 0 aliphatic carbocycles. The summed E-state index contributed by atoms with van der Waals surface area (Å²) in [7, 11) is 0. The molecule has 0 bridgehead atoms. The summed E-state index contributed by atoms with van der Waals surface area (Å²) in [6.45, 7) is 3.31. The SMILES string of the molecule is CCCN(CC(=O)c1ccccc1)c1cccc(Cl)c1. The van der Waals surface area contributed by atoms with Crippen molar-refractivity contribution < 1.29 is 4.79 Å². The molecule has 104 valence electrons. The van der Waals surface area contributed by atoms with Gasteiger partial charge in [0.25, 0.3) is 0 Å². The lowest BCUT2D eigenvalue weighted by Gasteiger charge is -2.23. The molecule has 0 heterocycles. The van der Waals surface area contributed by atoms with Crippen LogP contribution in [0.25, 0.3) is 0 Å². The van der Waals surface area contributed by atoms with Crippen LogP contribution in [0.2, 0.25) is 5.02 Å². The molecule has 0 aromatic heterocycles. The van der Waals surface area contributed by atoms with Gasteiger partial charge in [-0.15, -0.1) is 0 Å². The van der Waals surface area contributed by atoms with Gasteiger partial charge in [0, 0.05) is 22.8 Å². The monoisotopic (exact) mass is 287 g/mol. The Kier molecular flexibility index (Phi) is 5.19. The van der Waals surface area contributed by atoms with E-state index in [0.29, 0.717) is 11.6 Å². The lowest BCUT2D eigenvalue weighted by atomic mass is 10.1. The van der Waals surface area contributed by atoms with Crippen LogP contribution in [0.1, 0.15) is 23.7 Å². The van der Waals surface area contributed by atoms with E-state index >= 15 is 0 Å². The second-order valence-electron chi connectivity index (χ2n) is 4.69. The molecular weight excluding hydrogens is 270 g/mol. The number of nitrogens with zero attached hydrogens (tertiary/aromatic N) is 1. The van der Waals surface area contributed by atoms with Crippen molar-refractivity contribution in [2.24, 2.45) is 0 Å². The highest BCUT2D eigenvalue weighted by Gasteiger charge is 2.12. The molecule has 0 saturated heterocycles. The minimum atomic E-state index is 0.124. The quantitative estimate of drug-likeness (QED) is 0.732. The van der Waals surface area contributed by atoms with Crippen molar-refractivity contribution in [3.63, 3.8) is 0 Å². The van der Waals surface area contributed by atoms with Gasteiger partial charge in [0.15, 0.2) is 5.78 Å². The summed E-state index contributed by atoms with van der Waals surface area (Å²) in [5, 5.41) is 0.691. The Labute approximate surface area is 125 Å². The number of benzene rings is 2. The molecule has 2 aromatic rings. The molecule has 0 atom stereocenters. The van der Waals surface area contributed by atoms with E-state index < -0.39 is 0 Å². The fourth-order valence-electron chi connectivity index (χ4n) is 2.13. The van der Waals surface area contributed by atoms with Crippen LogP contribution in [-0.2, 0) is 0 Å². The summed E-state index contributed by atoms with van der Waals surface area (Å²) in [4.78, 5) is 14.4. The highest BCUT2D eigenvalue weighted by molar-refractivity contribution is 6.30. The number of Topliss-reactive ketones (excluding diaryl/α,β-unsaturated/α-hetero) is 1. The molecule has 2 rings (SSSR count). The van der Waals surface area contributed by atoms with Crippen LogP contribution in [-0.4, -0.2) is 18.9 Å². The first-order valence-corrected chi connectivity index (χ1v) is 7.17. The van der Waals surface area contributed by atoms with Crippen LogP contribution in [0, 0.1) is 0 Å². The highest BCUT2D eigenvalue weighted by atomic mass is 35.5. The number of anilines is 1. The van der Waals surface area contributed by atoms with E-state index in [4.69, 9.17) is 11.6 Å². The van der Waals surface area contributed by atoms with Crippen LogP contribution in [0.5, 0.6) is 0 Å². The lowest BCUT2D eigenvalue weighted by Crippen LogP contribution is -2.30. The van der Waals surface area contributed by atoms with E-state index in [2.05, 4.69) is 11.8 Å². The summed E-state index contributed by atoms with van der Waals surface area (Å²) < 4.78 is 0. The average molecular weight is 288 g/mol. The van der Waals surface area contributed by atoms with Crippen molar-refractivity contribution in [1.82, 2.24) is 0 Å². The Hall–Kier alpha value is -1.80. The van der Waals surface area contributed by atoms with Crippen LogP contribution in [0.15, 0.2) is 54.6 Å². The summed E-state index contributed by atoms with van der Waals surface area (Å²) in [6.07, 6.45) is 0.981. The van der Waals surface area contributed by atoms with Gasteiger partial charge in [-0.05, 0) is 24.6 Å². The van der Waals surface area contributed by atoms with E-state index in [1.807, 2.05) is 54.6 Å². The Balaban J connectivity index is 2.16. The van der Waals surface area contributed by atoms with E-state index in [9.17, 15) is 4.79 Å². The van der Waals surface area contributed by atoms with Crippen LogP contribution >= 0.6 is 11.6 Å². The number of hydrogen-bond donors (Lipinski definition) is 0. The molecule has 0 aliphatic rings. The zero-order valence-corrected chi connectivity index (χ0v) is 12.3. The van der Waals surface area contributed by atoms with E-state index in [-0.39, 0.29) is 5.78 Å². The van der Waals surface area contributed by atoms with Gasteiger partial charge in [0.1, 0.15) is 0 Å². The van der Waals surface area contributed by atoms with Crippen molar-refractivity contribution in [2.75, 3.05) is 18.0 Å². The molecule has 0 aliphatic heterocycles. The van der Waals surface area contributed by atoms with Crippen molar-refractivity contribution >= 4 is 23.1 Å². The Morgan fingerprint density at radius 1 is 1.10 bits per heavy atom. The largest absolute Gasteiger partial charge is 0.364 e. The van der Waals surface area contributed by atoms with Gasteiger partial charge >= 0.3 is 0 Å². The minimum absolute atomic E-state index is 0.124. The second-order valence-corrected chi connectivity index (χ2v) is 5.13. The molecule has 0 saturated carbocycles. The van der Waals surface area contributed by atoms with Gasteiger partial charge in [0.2, 0.25) is 0 Å². The Morgan fingerprint density at radius 2 is 1.85 bits per heavy atom. The molecule has 0 unspecified atom stereocenters. The molecule has 2 aromatic carbocycles. The van der Waals surface area contributed by atoms with Gasteiger partial charge < -0.3 is 4.90 Å². The first-order chi connectivity index (χ1) is 9.70. The number of ketones is 1. The van der Waals surface area contributed by atoms with Crippen LogP contribution < -0.4 is 4.90 Å². The summed E-state index contributed by atoms with van der Waals surface area (Å²) >= 11 is 6.03. The van der Waals surface area contributed by atoms with Gasteiger partial charge in [-0.25, -0.2) is 0 Å². The van der Waals surface area contributed by atoms with E-state index in [1.165, 1.54) is 0 Å². The molecule has 20 heavy (non-hydrogen) atoms. The van der Waals surface area contributed by atoms with Gasteiger partial charge in [-0.3, -0.25) is 4.79 Å². The fraction of sp³-hybridized carbons (Fsp3) is 0.235. The second kappa shape index (κ2) is 7.11. The third kappa shape index (κ3) is 3.84. The number of halogens is 1. The molecular formula is C17H18ClNO. The maximum atomic E-state index is 12.3. The zero-order valence-electron chi connectivity index (χ0n) is 11.6. The summed E-state index contributed by atoms with van der Waals surface area (Å²) in [5.74, 6) is 0.124. The molecule has 0 spiro atoms. The minimum Gasteiger partial charge on any atom is -0.364 e. The number of rotatable bonds is 6. The van der Waals surface area contributed by atoms with Crippen molar-refractivity contribution in [3.05, 3.63) is 65.2 Å². The maximum absolute atomic E-state index is 12.3. The fourth-order valence-corrected chi connectivity index (χ4v) is 2.32. The number of carbonyl (C=O) groups excluding carboxylic acids is 1. The Bertz CT molecular complexity index is 568. The smallest absolute Gasteiger partial charge is 0.182 e. The third-order valence-corrected chi connectivity index (χ3v) is 3.33. The molecule has 0 amide bonds. The third-order valence-electron chi connectivity index (χ3n) is 3.10. The predicted octanol–water partition coefficient (Wildman–Crippen LogP) is 4.44. The molecule has 3 heteroatoms. The van der Waals surface area contributed by atoms with Crippen molar-refractivity contribution in [1.29, 1.82) is 0 Å². The van der Waals surface area contributed by atoms with Gasteiger partial charge in [0.05, 0.1) is 6.54 Å². The molecule has 0 N–H and O–H groups in total. The Morgan fingerprint density at radius 3 is 2.50 bits per heavy atom. The first-order valence-electron chi connectivity index (χ1n) is 6.79. The standard InChI is InChI=1S/C17H18ClNO/c1-2-11-19(16-10-6-9-15(18)12-16)13-17(20)14-7-4-3-5-8-14/h3-10,12H,2,11,13H2,1H3. The lowest BCUT2D eigenvalue weighted by molar-refractivity contribution is 0.0999. The maximum Gasteiger partial charge on any atom is 0.182 e. The van der Waals surface area contributed by atoms with E-state index in [0.717, 1.165) is 24.2 Å². The van der Waals surface area contributed by atoms with Crippen LogP contribution in [0.3, 0.4) is 0 Å². The molecule has 0 radical (unpaired) electrons.